The Bertz CT molecular complexity index is 196. The van der Waals surface area contributed by atoms with Gasteiger partial charge in [0.25, 0.3) is 0 Å². The second-order valence-corrected chi connectivity index (χ2v) is 4.49. The first-order valence-electron chi connectivity index (χ1n) is 6.72. The Balaban J connectivity index is 3.27. The highest BCUT2D eigenvalue weighted by atomic mass is 16.7. The van der Waals surface area contributed by atoms with Crippen molar-refractivity contribution in [2.45, 2.75) is 45.4 Å². The third kappa shape index (κ3) is 11.7. The normalized spacial score (nSPS) is 12.2. The van der Waals surface area contributed by atoms with Crippen LogP contribution in [0.1, 0.15) is 45.4 Å². The van der Waals surface area contributed by atoms with Crippen molar-refractivity contribution in [3.05, 3.63) is 0 Å². The molecule has 0 heterocycles. The van der Waals surface area contributed by atoms with E-state index in [2.05, 4.69) is 0 Å². The van der Waals surface area contributed by atoms with Crippen molar-refractivity contribution >= 4 is 6.16 Å². The number of aliphatic hydroxyl groups is 2. The highest BCUT2D eigenvalue weighted by Crippen LogP contribution is 2.06. The SMILES string of the molecule is CC(CCO)CCOC(=O)OCCCCCCO. The molecule has 18 heavy (non-hydrogen) atoms. The largest absolute Gasteiger partial charge is 0.508 e. The van der Waals surface area contributed by atoms with Crippen LogP contribution in [-0.2, 0) is 9.47 Å². The predicted octanol–water partition coefficient (Wildman–Crippen LogP) is 2.10. The highest BCUT2D eigenvalue weighted by Gasteiger charge is 2.06. The van der Waals surface area contributed by atoms with E-state index in [1.807, 2.05) is 6.92 Å². The van der Waals surface area contributed by atoms with E-state index in [0.717, 1.165) is 38.5 Å². The van der Waals surface area contributed by atoms with E-state index < -0.39 is 6.16 Å². The summed E-state index contributed by atoms with van der Waals surface area (Å²) in [5, 5.41) is 17.3. The topological polar surface area (TPSA) is 76.0 Å². The lowest BCUT2D eigenvalue weighted by molar-refractivity contribution is 0.0500. The summed E-state index contributed by atoms with van der Waals surface area (Å²) >= 11 is 0. The van der Waals surface area contributed by atoms with Crippen molar-refractivity contribution in [2.75, 3.05) is 26.4 Å². The van der Waals surface area contributed by atoms with Crippen molar-refractivity contribution in [3.63, 3.8) is 0 Å². The fourth-order valence-corrected chi connectivity index (χ4v) is 1.47. The third-order valence-electron chi connectivity index (χ3n) is 2.72. The number of carbonyl (C=O) groups is 1. The van der Waals surface area contributed by atoms with Gasteiger partial charge in [-0.15, -0.1) is 0 Å². The number of unbranched alkanes of at least 4 members (excludes halogenated alkanes) is 3. The standard InChI is InChI=1S/C13H26O5/c1-12(6-9-15)7-11-18-13(16)17-10-5-3-2-4-8-14/h12,14-15H,2-11H2,1H3. The maximum atomic E-state index is 11.1. The molecule has 1 atom stereocenters. The summed E-state index contributed by atoms with van der Waals surface area (Å²) in [6.07, 6.45) is 4.35. The number of carbonyl (C=O) groups excluding carboxylic acids is 1. The number of hydrogen-bond donors (Lipinski definition) is 2. The van der Waals surface area contributed by atoms with Crippen LogP contribution in [0.3, 0.4) is 0 Å². The van der Waals surface area contributed by atoms with Crippen molar-refractivity contribution < 1.29 is 24.5 Å². The molecule has 0 saturated heterocycles. The van der Waals surface area contributed by atoms with Gasteiger partial charge < -0.3 is 19.7 Å². The molecular weight excluding hydrogens is 236 g/mol. The Morgan fingerprint density at radius 1 is 0.944 bits per heavy atom. The summed E-state index contributed by atoms with van der Waals surface area (Å²) in [4.78, 5) is 11.1. The van der Waals surface area contributed by atoms with Crippen molar-refractivity contribution in [2.24, 2.45) is 5.92 Å². The number of ether oxygens (including phenoxy) is 2. The van der Waals surface area contributed by atoms with Gasteiger partial charge in [-0.25, -0.2) is 4.79 Å². The molecule has 2 N–H and O–H groups in total. The quantitative estimate of drug-likeness (QED) is 0.440. The summed E-state index contributed by atoms with van der Waals surface area (Å²) in [6.45, 7) is 3.10. The second kappa shape index (κ2) is 12.6. The van der Waals surface area contributed by atoms with Gasteiger partial charge in [0.1, 0.15) is 0 Å². The van der Waals surface area contributed by atoms with Gasteiger partial charge in [0, 0.05) is 13.2 Å². The molecule has 0 aromatic rings. The van der Waals surface area contributed by atoms with Gasteiger partial charge in [0.2, 0.25) is 0 Å². The molecule has 0 spiro atoms. The Labute approximate surface area is 109 Å². The third-order valence-corrected chi connectivity index (χ3v) is 2.72. The molecule has 0 saturated carbocycles. The fraction of sp³-hybridized carbons (Fsp3) is 0.923. The fourth-order valence-electron chi connectivity index (χ4n) is 1.47. The molecule has 0 aliphatic heterocycles. The molecule has 0 fully saturated rings. The van der Waals surface area contributed by atoms with Gasteiger partial charge in [-0.1, -0.05) is 13.3 Å². The first-order chi connectivity index (χ1) is 8.70. The van der Waals surface area contributed by atoms with Gasteiger partial charge in [0.05, 0.1) is 13.2 Å². The molecule has 0 amide bonds. The lowest BCUT2D eigenvalue weighted by Gasteiger charge is -2.10. The summed E-state index contributed by atoms with van der Waals surface area (Å²) in [5.74, 6) is 0.348. The van der Waals surface area contributed by atoms with E-state index in [-0.39, 0.29) is 13.2 Å². The molecular formula is C13H26O5. The van der Waals surface area contributed by atoms with E-state index >= 15 is 0 Å². The Hall–Kier alpha value is -0.810. The molecule has 5 nitrogen and oxygen atoms in total. The van der Waals surface area contributed by atoms with E-state index in [4.69, 9.17) is 19.7 Å². The van der Waals surface area contributed by atoms with Crippen LogP contribution in [0.15, 0.2) is 0 Å². The van der Waals surface area contributed by atoms with E-state index in [1.165, 1.54) is 0 Å². The molecule has 0 aliphatic rings. The van der Waals surface area contributed by atoms with Gasteiger partial charge >= 0.3 is 6.16 Å². The van der Waals surface area contributed by atoms with Crippen LogP contribution in [0.5, 0.6) is 0 Å². The molecule has 0 bridgehead atoms. The van der Waals surface area contributed by atoms with Crippen LogP contribution in [0, 0.1) is 5.92 Å². The maximum absolute atomic E-state index is 11.1. The molecule has 5 heteroatoms. The minimum absolute atomic E-state index is 0.166. The Morgan fingerprint density at radius 3 is 2.28 bits per heavy atom. The predicted molar refractivity (Wildman–Crippen MR) is 68.3 cm³/mol. The zero-order valence-corrected chi connectivity index (χ0v) is 11.3. The molecule has 0 aliphatic carbocycles. The molecule has 0 rings (SSSR count). The van der Waals surface area contributed by atoms with Crippen LogP contribution in [0.2, 0.25) is 0 Å². The van der Waals surface area contributed by atoms with Crippen LogP contribution >= 0.6 is 0 Å². The van der Waals surface area contributed by atoms with Crippen LogP contribution in [0.4, 0.5) is 4.79 Å². The molecule has 108 valence electrons. The highest BCUT2D eigenvalue weighted by molar-refractivity contribution is 5.59. The zero-order valence-electron chi connectivity index (χ0n) is 11.3. The van der Waals surface area contributed by atoms with Crippen LogP contribution in [-0.4, -0.2) is 42.8 Å². The van der Waals surface area contributed by atoms with Crippen molar-refractivity contribution in [1.82, 2.24) is 0 Å². The molecule has 1 unspecified atom stereocenters. The lowest BCUT2D eigenvalue weighted by atomic mass is 10.1. The second-order valence-electron chi connectivity index (χ2n) is 4.49. The van der Waals surface area contributed by atoms with E-state index in [1.54, 1.807) is 0 Å². The molecule has 0 aromatic heterocycles. The van der Waals surface area contributed by atoms with Crippen molar-refractivity contribution in [1.29, 1.82) is 0 Å². The average Bonchev–Trinajstić information content (AvgIpc) is 2.34. The zero-order chi connectivity index (χ0) is 13.6. The number of rotatable bonds is 11. The monoisotopic (exact) mass is 262 g/mol. The molecule has 0 aromatic carbocycles. The van der Waals surface area contributed by atoms with Crippen LogP contribution < -0.4 is 0 Å². The number of hydrogen-bond acceptors (Lipinski definition) is 5. The summed E-state index contributed by atoms with van der Waals surface area (Å²) < 4.78 is 9.79. The van der Waals surface area contributed by atoms with Gasteiger partial charge in [-0.05, 0) is 38.0 Å². The first kappa shape index (κ1) is 17.2. The maximum Gasteiger partial charge on any atom is 0.508 e. The minimum Gasteiger partial charge on any atom is -0.434 e. The summed E-state index contributed by atoms with van der Waals surface area (Å²) in [5.41, 5.74) is 0. The average molecular weight is 262 g/mol. The lowest BCUT2D eigenvalue weighted by Crippen LogP contribution is -2.11. The van der Waals surface area contributed by atoms with Crippen LogP contribution in [0.25, 0.3) is 0 Å². The molecule has 0 radical (unpaired) electrons. The minimum atomic E-state index is -0.617. The number of aliphatic hydroxyl groups excluding tert-OH is 2. The van der Waals surface area contributed by atoms with Crippen molar-refractivity contribution in [3.8, 4) is 0 Å². The summed E-state index contributed by atoms with van der Waals surface area (Å²) in [6, 6.07) is 0. The smallest absolute Gasteiger partial charge is 0.434 e. The summed E-state index contributed by atoms with van der Waals surface area (Å²) in [7, 11) is 0. The van der Waals surface area contributed by atoms with Gasteiger partial charge in [-0.3, -0.25) is 0 Å². The van der Waals surface area contributed by atoms with Gasteiger partial charge in [-0.2, -0.15) is 0 Å². The Kier molecular flexibility index (Phi) is 12.1. The van der Waals surface area contributed by atoms with E-state index in [0.29, 0.717) is 19.1 Å². The Morgan fingerprint density at radius 2 is 1.61 bits per heavy atom. The first-order valence-corrected chi connectivity index (χ1v) is 6.72. The van der Waals surface area contributed by atoms with Gasteiger partial charge in [0.15, 0.2) is 0 Å². The van der Waals surface area contributed by atoms with E-state index in [9.17, 15) is 4.79 Å².